The van der Waals surface area contributed by atoms with Crippen LogP contribution in [0.3, 0.4) is 0 Å². The zero-order valence-corrected chi connectivity index (χ0v) is 8.96. The van der Waals surface area contributed by atoms with Crippen LogP contribution in [0.4, 0.5) is 0 Å². The second-order valence-electron chi connectivity index (χ2n) is 3.14. The molecule has 7 heteroatoms. The van der Waals surface area contributed by atoms with Gasteiger partial charge in [0.2, 0.25) is 0 Å². The Kier molecular flexibility index (Phi) is 7.28. The van der Waals surface area contributed by atoms with Gasteiger partial charge in [0.25, 0.3) is 0 Å². The molecule has 0 aromatic rings. The van der Waals surface area contributed by atoms with Gasteiger partial charge in [-0.05, 0) is 12.8 Å². The van der Waals surface area contributed by atoms with Crippen LogP contribution < -0.4 is 0 Å². The third-order valence-corrected chi connectivity index (χ3v) is 2.60. The number of hydrogen-bond donors (Lipinski definition) is 5. The summed E-state index contributed by atoms with van der Waals surface area (Å²) in [6.07, 6.45) is 0.177. The largest absolute Gasteiger partial charge is 0.492 e. The van der Waals surface area contributed by atoms with Crippen molar-refractivity contribution in [3.8, 4) is 0 Å². The summed E-state index contributed by atoms with van der Waals surface area (Å²) < 4.78 is 4.96. The minimum Gasteiger partial charge on any atom is -0.394 e. The van der Waals surface area contributed by atoms with E-state index in [0.29, 0.717) is 19.4 Å². The highest BCUT2D eigenvalue weighted by atomic mass is 28.4. The molecule has 6 nitrogen and oxygen atoms in total. The number of unbranched alkanes of at least 4 members (excludes halogenated alkanes) is 1. The first kappa shape index (κ1) is 14.0. The standard InChI is InChI=1S/C7H18O6Si/c8-5-7(9)6-13-3-1-2-4-14(10,11)12/h7-12H,1-6H2. The van der Waals surface area contributed by atoms with Crippen LogP contribution >= 0.6 is 0 Å². The summed E-state index contributed by atoms with van der Waals surface area (Å²) in [5, 5.41) is 17.3. The molecule has 0 radical (unpaired) electrons. The van der Waals surface area contributed by atoms with Crippen LogP contribution in [0.25, 0.3) is 0 Å². The molecule has 0 aliphatic carbocycles. The van der Waals surface area contributed by atoms with Crippen LogP contribution in [-0.4, -0.2) is 59.3 Å². The van der Waals surface area contributed by atoms with Crippen molar-refractivity contribution in [2.75, 3.05) is 19.8 Å². The molecular weight excluding hydrogens is 208 g/mol. The molecule has 0 fully saturated rings. The fourth-order valence-electron chi connectivity index (χ4n) is 0.838. The zero-order chi connectivity index (χ0) is 11.0. The van der Waals surface area contributed by atoms with Crippen LogP contribution in [0.2, 0.25) is 6.04 Å². The lowest BCUT2D eigenvalue weighted by atomic mass is 10.3. The number of aliphatic hydroxyl groups excluding tert-OH is 2. The summed E-state index contributed by atoms with van der Waals surface area (Å²) in [6, 6.07) is -0.00108. The Morgan fingerprint density at radius 1 is 1.14 bits per heavy atom. The fraction of sp³-hybridized carbons (Fsp3) is 1.00. The maximum atomic E-state index is 8.86. The van der Waals surface area contributed by atoms with E-state index in [-0.39, 0.29) is 19.3 Å². The topological polar surface area (TPSA) is 110 Å². The van der Waals surface area contributed by atoms with Crippen molar-refractivity contribution in [3.05, 3.63) is 0 Å². The number of ether oxygens (including phenoxy) is 1. The summed E-state index contributed by atoms with van der Waals surface area (Å²) in [5.41, 5.74) is 0. The van der Waals surface area contributed by atoms with Crippen molar-refractivity contribution in [3.63, 3.8) is 0 Å². The number of aliphatic hydroxyl groups is 2. The molecule has 0 spiro atoms. The lowest BCUT2D eigenvalue weighted by Gasteiger charge is -2.10. The highest BCUT2D eigenvalue weighted by molar-refractivity contribution is 6.56. The van der Waals surface area contributed by atoms with Crippen LogP contribution in [0.1, 0.15) is 12.8 Å². The molecule has 0 rings (SSSR count). The van der Waals surface area contributed by atoms with E-state index in [1.165, 1.54) is 0 Å². The molecule has 0 bridgehead atoms. The van der Waals surface area contributed by atoms with Crippen molar-refractivity contribution in [1.29, 1.82) is 0 Å². The Hall–Kier alpha value is -0.0231. The summed E-state index contributed by atoms with van der Waals surface area (Å²) in [6.45, 7) is 0.0952. The Balaban J connectivity index is 3.14. The van der Waals surface area contributed by atoms with Gasteiger partial charge < -0.3 is 29.3 Å². The lowest BCUT2D eigenvalue weighted by molar-refractivity contribution is 0.00541. The first-order chi connectivity index (χ1) is 6.45. The van der Waals surface area contributed by atoms with Crippen molar-refractivity contribution >= 4 is 8.80 Å². The second kappa shape index (κ2) is 7.29. The van der Waals surface area contributed by atoms with E-state index >= 15 is 0 Å². The van der Waals surface area contributed by atoms with E-state index in [2.05, 4.69) is 0 Å². The molecule has 0 aliphatic rings. The molecule has 1 unspecified atom stereocenters. The first-order valence-corrected chi connectivity index (χ1v) is 6.54. The molecule has 0 aromatic carbocycles. The third kappa shape index (κ3) is 10.1. The first-order valence-electron chi connectivity index (χ1n) is 4.49. The van der Waals surface area contributed by atoms with E-state index < -0.39 is 14.9 Å². The molecular formula is C7H18O6Si. The van der Waals surface area contributed by atoms with E-state index in [4.69, 9.17) is 29.3 Å². The maximum Gasteiger partial charge on any atom is 0.492 e. The van der Waals surface area contributed by atoms with Crippen LogP contribution in [-0.2, 0) is 4.74 Å². The Bertz CT molecular complexity index is 137. The zero-order valence-electron chi connectivity index (χ0n) is 7.96. The van der Waals surface area contributed by atoms with Gasteiger partial charge in [0, 0.05) is 12.7 Å². The summed E-state index contributed by atoms with van der Waals surface area (Å²) >= 11 is 0. The average molecular weight is 226 g/mol. The van der Waals surface area contributed by atoms with Gasteiger partial charge in [-0.3, -0.25) is 0 Å². The highest BCUT2D eigenvalue weighted by Crippen LogP contribution is 2.04. The molecule has 0 heterocycles. The average Bonchev–Trinajstić information content (AvgIpc) is 2.08. The minimum atomic E-state index is -3.89. The highest BCUT2D eigenvalue weighted by Gasteiger charge is 2.25. The second-order valence-corrected chi connectivity index (χ2v) is 5.19. The Morgan fingerprint density at radius 2 is 1.79 bits per heavy atom. The van der Waals surface area contributed by atoms with Gasteiger partial charge in [0.15, 0.2) is 0 Å². The van der Waals surface area contributed by atoms with Gasteiger partial charge in [0.1, 0.15) is 6.10 Å². The molecule has 86 valence electrons. The van der Waals surface area contributed by atoms with Crippen LogP contribution in [0, 0.1) is 0 Å². The predicted molar refractivity (Wildman–Crippen MR) is 50.4 cm³/mol. The summed E-state index contributed by atoms with van der Waals surface area (Å²) in [5.74, 6) is 0. The smallest absolute Gasteiger partial charge is 0.394 e. The van der Waals surface area contributed by atoms with E-state index in [1.807, 2.05) is 0 Å². The molecule has 0 aliphatic heterocycles. The van der Waals surface area contributed by atoms with Gasteiger partial charge in [-0.2, -0.15) is 0 Å². The Morgan fingerprint density at radius 3 is 2.29 bits per heavy atom. The lowest BCUT2D eigenvalue weighted by Crippen LogP contribution is -2.34. The molecule has 0 aromatic heterocycles. The molecule has 1 atom stereocenters. The summed E-state index contributed by atoms with van der Waals surface area (Å²) in [4.78, 5) is 25.9. The van der Waals surface area contributed by atoms with Crippen LogP contribution in [0.5, 0.6) is 0 Å². The molecule has 14 heavy (non-hydrogen) atoms. The maximum absolute atomic E-state index is 8.86. The third-order valence-electron chi connectivity index (χ3n) is 1.57. The predicted octanol–water partition coefficient (Wildman–Crippen LogP) is -1.95. The number of hydrogen-bond acceptors (Lipinski definition) is 6. The monoisotopic (exact) mass is 226 g/mol. The van der Waals surface area contributed by atoms with Gasteiger partial charge >= 0.3 is 8.80 Å². The van der Waals surface area contributed by atoms with Crippen LogP contribution in [0.15, 0.2) is 0 Å². The van der Waals surface area contributed by atoms with Crippen molar-refractivity contribution in [2.24, 2.45) is 0 Å². The minimum absolute atomic E-state index is 0.00108. The van der Waals surface area contributed by atoms with E-state index in [1.54, 1.807) is 0 Å². The van der Waals surface area contributed by atoms with E-state index in [9.17, 15) is 0 Å². The van der Waals surface area contributed by atoms with Crippen molar-refractivity contribution in [1.82, 2.24) is 0 Å². The SMILES string of the molecule is OCC(O)COCCCC[Si](O)(O)O. The van der Waals surface area contributed by atoms with Gasteiger partial charge in [-0.1, -0.05) is 0 Å². The Labute approximate surface area is 83.8 Å². The molecule has 5 N–H and O–H groups in total. The van der Waals surface area contributed by atoms with Gasteiger partial charge in [0.05, 0.1) is 13.2 Å². The number of rotatable bonds is 8. The van der Waals surface area contributed by atoms with Crippen molar-refractivity contribution in [2.45, 2.75) is 25.0 Å². The van der Waals surface area contributed by atoms with Crippen molar-refractivity contribution < 1.29 is 29.3 Å². The molecule has 0 amide bonds. The summed E-state index contributed by atoms with van der Waals surface area (Å²) in [7, 11) is -3.89. The molecule has 0 saturated heterocycles. The van der Waals surface area contributed by atoms with Gasteiger partial charge in [-0.25, -0.2) is 0 Å². The normalized spacial score (nSPS) is 14.4. The quantitative estimate of drug-likeness (QED) is 0.243. The molecule has 0 saturated carbocycles. The fourth-order valence-corrected chi connectivity index (χ4v) is 1.56. The van der Waals surface area contributed by atoms with E-state index in [0.717, 1.165) is 0 Å². The van der Waals surface area contributed by atoms with Gasteiger partial charge in [-0.15, -0.1) is 0 Å².